The van der Waals surface area contributed by atoms with Gasteiger partial charge in [0.1, 0.15) is 6.54 Å². The molecule has 3 rings (SSSR count). The maximum absolute atomic E-state index is 13.3. The number of nitrogens with zero attached hydrogens (tertiary/aromatic N) is 1. The Labute approximate surface area is 207 Å². The van der Waals surface area contributed by atoms with Gasteiger partial charge in [-0.1, -0.05) is 30.3 Å². The van der Waals surface area contributed by atoms with E-state index in [0.29, 0.717) is 28.3 Å². The lowest BCUT2D eigenvalue weighted by Gasteiger charge is -2.25. The smallest absolute Gasteiger partial charge is 0.416 e. The van der Waals surface area contributed by atoms with Gasteiger partial charge >= 0.3 is 6.18 Å². The van der Waals surface area contributed by atoms with Gasteiger partial charge < -0.3 is 14.8 Å². The van der Waals surface area contributed by atoms with Gasteiger partial charge in [-0.05, 0) is 54.4 Å². The average Bonchev–Trinajstić information content (AvgIpc) is 2.87. The summed E-state index contributed by atoms with van der Waals surface area (Å²) in [5, 5.41) is 2.63. The summed E-state index contributed by atoms with van der Waals surface area (Å²) >= 11 is 0. The Kier molecular flexibility index (Phi) is 8.46. The minimum Gasteiger partial charge on any atom is -0.493 e. The zero-order valence-electron chi connectivity index (χ0n) is 19.6. The van der Waals surface area contributed by atoms with Crippen LogP contribution in [0, 0.1) is 0 Å². The molecular formula is C25H25F3N2O5S. The quantitative estimate of drug-likeness (QED) is 0.430. The van der Waals surface area contributed by atoms with E-state index in [0.717, 1.165) is 17.7 Å². The Morgan fingerprint density at radius 3 is 2.25 bits per heavy atom. The van der Waals surface area contributed by atoms with Crippen LogP contribution in [0.15, 0.2) is 77.7 Å². The molecule has 0 spiro atoms. The number of sulfonamides is 1. The fourth-order valence-electron chi connectivity index (χ4n) is 3.44. The normalized spacial score (nSPS) is 11.6. The molecule has 0 aliphatic carbocycles. The third kappa shape index (κ3) is 6.48. The molecule has 0 aromatic heterocycles. The first-order chi connectivity index (χ1) is 17.1. The summed E-state index contributed by atoms with van der Waals surface area (Å²) in [6.07, 6.45) is -4.28. The average molecular weight is 523 g/mol. The van der Waals surface area contributed by atoms with Crippen LogP contribution in [-0.2, 0) is 27.4 Å². The number of nitrogens with one attached hydrogen (secondary N) is 1. The van der Waals surface area contributed by atoms with Crippen LogP contribution in [0.1, 0.15) is 11.1 Å². The highest BCUT2D eigenvalue weighted by Gasteiger charge is 2.33. The SMILES string of the molecule is COc1ccc(CCNC(=O)CN(c2cccc(C(F)(F)F)c2)S(=O)(=O)c2ccccc2)cc1OC. The van der Waals surface area contributed by atoms with Gasteiger partial charge in [0.15, 0.2) is 11.5 Å². The molecule has 0 radical (unpaired) electrons. The second kappa shape index (κ2) is 11.3. The molecule has 0 saturated carbocycles. The van der Waals surface area contributed by atoms with E-state index in [-0.39, 0.29) is 17.1 Å². The van der Waals surface area contributed by atoms with Crippen molar-refractivity contribution in [2.24, 2.45) is 0 Å². The third-order valence-corrected chi connectivity index (χ3v) is 7.05. The van der Waals surface area contributed by atoms with E-state index >= 15 is 0 Å². The highest BCUT2D eigenvalue weighted by molar-refractivity contribution is 7.92. The van der Waals surface area contributed by atoms with Gasteiger partial charge in [0, 0.05) is 6.54 Å². The van der Waals surface area contributed by atoms with Crippen LogP contribution in [0.25, 0.3) is 0 Å². The van der Waals surface area contributed by atoms with Crippen molar-refractivity contribution >= 4 is 21.6 Å². The van der Waals surface area contributed by atoms with Crippen LogP contribution in [0.4, 0.5) is 18.9 Å². The Morgan fingerprint density at radius 2 is 1.61 bits per heavy atom. The summed E-state index contributed by atoms with van der Waals surface area (Å²) in [5.41, 5.74) is -0.467. The van der Waals surface area contributed by atoms with Crippen molar-refractivity contribution in [3.05, 3.63) is 83.9 Å². The first-order valence-corrected chi connectivity index (χ1v) is 12.2. The van der Waals surface area contributed by atoms with Crippen LogP contribution < -0.4 is 19.1 Å². The van der Waals surface area contributed by atoms with E-state index in [1.807, 2.05) is 0 Å². The van der Waals surface area contributed by atoms with Crippen molar-refractivity contribution in [3.63, 3.8) is 0 Å². The minimum atomic E-state index is -4.68. The molecule has 0 aliphatic rings. The number of carbonyl (C=O) groups excluding carboxylic acids is 1. The van der Waals surface area contributed by atoms with Crippen molar-refractivity contribution in [1.29, 1.82) is 0 Å². The molecule has 0 atom stereocenters. The van der Waals surface area contributed by atoms with Gasteiger partial charge in [-0.3, -0.25) is 9.10 Å². The van der Waals surface area contributed by atoms with E-state index in [1.165, 1.54) is 44.6 Å². The third-order valence-electron chi connectivity index (χ3n) is 5.26. The number of hydrogen-bond donors (Lipinski definition) is 1. The molecule has 0 heterocycles. The van der Waals surface area contributed by atoms with E-state index < -0.39 is 34.2 Å². The minimum absolute atomic E-state index is 0.152. The molecule has 192 valence electrons. The van der Waals surface area contributed by atoms with Gasteiger partial charge in [0.25, 0.3) is 10.0 Å². The molecule has 3 aromatic rings. The van der Waals surface area contributed by atoms with Gasteiger partial charge in [0.2, 0.25) is 5.91 Å². The first kappa shape index (κ1) is 26.9. The second-order valence-electron chi connectivity index (χ2n) is 7.66. The van der Waals surface area contributed by atoms with Crippen molar-refractivity contribution in [2.45, 2.75) is 17.5 Å². The van der Waals surface area contributed by atoms with Crippen molar-refractivity contribution in [3.8, 4) is 11.5 Å². The summed E-state index contributed by atoms with van der Waals surface area (Å²) in [6.45, 7) is -0.541. The number of carbonyl (C=O) groups is 1. The van der Waals surface area contributed by atoms with Gasteiger partial charge in [-0.2, -0.15) is 13.2 Å². The summed E-state index contributed by atoms with van der Waals surface area (Å²) in [5.74, 6) is 0.395. The molecule has 0 bridgehead atoms. The molecule has 1 N–H and O–H groups in total. The Balaban J connectivity index is 1.80. The predicted octanol–water partition coefficient (Wildman–Crippen LogP) is 4.28. The molecular weight excluding hydrogens is 497 g/mol. The van der Waals surface area contributed by atoms with E-state index in [9.17, 15) is 26.4 Å². The number of halogens is 3. The molecule has 3 aromatic carbocycles. The van der Waals surface area contributed by atoms with Crippen LogP contribution in [0.2, 0.25) is 0 Å². The molecule has 0 unspecified atom stereocenters. The molecule has 36 heavy (non-hydrogen) atoms. The first-order valence-electron chi connectivity index (χ1n) is 10.8. The van der Waals surface area contributed by atoms with Crippen molar-refractivity contribution in [2.75, 3.05) is 31.6 Å². The number of hydrogen-bond acceptors (Lipinski definition) is 5. The van der Waals surface area contributed by atoms with Crippen LogP contribution in [0.3, 0.4) is 0 Å². The fraction of sp³-hybridized carbons (Fsp3) is 0.240. The van der Waals surface area contributed by atoms with Crippen LogP contribution >= 0.6 is 0 Å². The zero-order chi connectivity index (χ0) is 26.3. The Bertz CT molecular complexity index is 1300. The largest absolute Gasteiger partial charge is 0.493 e. The summed E-state index contributed by atoms with van der Waals surface area (Å²) in [4.78, 5) is 12.6. The van der Waals surface area contributed by atoms with Crippen molar-refractivity contribution < 1.29 is 35.9 Å². The number of methoxy groups -OCH3 is 2. The van der Waals surface area contributed by atoms with E-state index in [1.54, 1.807) is 24.3 Å². The van der Waals surface area contributed by atoms with E-state index in [2.05, 4.69) is 5.32 Å². The summed E-state index contributed by atoms with van der Waals surface area (Å²) < 4.78 is 77.5. The number of anilines is 1. The molecule has 0 saturated heterocycles. The molecule has 0 aliphatic heterocycles. The maximum atomic E-state index is 13.3. The molecule has 1 amide bonds. The van der Waals surface area contributed by atoms with Crippen molar-refractivity contribution in [1.82, 2.24) is 5.32 Å². The van der Waals surface area contributed by atoms with Crippen LogP contribution in [0.5, 0.6) is 11.5 Å². The number of amides is 1. The summed E-state index contributed by atoms with van der Waals surface area (Å²) in [7, 11) is -1.32. The van der Waals surface area contributed by atoms with E-state index in [4.69, 9.17) is 9.47 Å². The van der Waals surface area contributed by atoms with Gasteiger partial charge in [0.05, 0.1) is 30.4 Å². The second-order valence-corrected chi connectivity index (χ2v) is 9.52. The number of alkyl halides is 3. The lowest BCUT2D eigenvalue weighted by molar-refractivity contribution is -0.137. The monoisotopic (exact) mass is 522 g/mol. The molecule has 0 fully saturated rings. The van der Waals surface area contributed by atoms with Gasteiger partial charge in [-0.15, -0.1) is 0 Å². The Morgan fingerprint density at radius 1 is 0.917 bits per heavy atom. The van der Waals surface area contributed by atoms with Crippen LogP contribution in [-0.4, -0.2) is 41.6 Å². The lowest BCUT2D eigenvalue weighted by atomic mass is 10.1. The Hall–Kier alpha value is -3.73. The lowest BCUT2D eigenvalue weighted by Crippen LogP contribution is -2.41. The highest BCUT2D eigenvalue weighted by atomic mass is 32.2. The topological polar surface area (TPSA) is 84.9 Å². The van der Waals surface area contributed by atoms with Gasteiger partial charge in [-0.25, -0.2) is 8.42 Å². The molecule has 7 nitrogen and oxygen atoms in total. The highest BCUT2D eigenvalue weighted by Crippen LogP contribution is 2.33. The fourth-order valence-corrected chi connectivity index (χ4v) is 4.87. The maximum Gasteiger partial charge on any atom is 0.416 e. The summed E-state index contributed by atoms with van der Waals surface area (Å²) in [6, 6.07) is 16.3. The number of benzene rings is 3. The standard InChI is InChI=1S/C25H25F3N2O5S/c1-34-22-12-11-18(15-23(22)35-2)13-14-29-24(31)17-30(36(32,33)21-9-4-3-5-10-21)20-8-6-7-19(16-20)25(26,27)28/h3-12,15-16H,13-14,17H2,1-2H3,(H,29,31). The number of rotatable bonds is 10. The number of ether oxygens (including phenoxy) is 2. The zero-order valence-corrected chi connectivity index (χ0v) is 20.4. The molecule has 11 heteroatoms. The predicted molar refractivity (Wildman–Crippen MR) is 129 cm³/mol.